The fourth-order valence-corrected chi connectivity index (χ4v) is 3.38. The molecule has 0 saturated carbocycles. The summed E-state index contributed by atoms with van der Waals surface area (Å²) in [4.78, 5) is 21.8. The van der Waals surface area contributed by atoms with Crippen molar-refractivity contribution >= 4 is 11.7 Å². The van der Waals surface area contributed by atoms with Crippen LogP contribution in [0, 0.1) is 13.8 Å². The zero-order valence-corrected chi connectivity index (χ0v) is 16.0. The zero-order valence-electron chi connectivity index (χ0n) is 16.0. The number of pyridine rings is 1. The van der Waals surface area contributed by atoms with E-state index in [0.717, 1.165) is 55.2 Å². The van der Waals surface area contributed by atoms with Gasteiger partial charge in [0.1, 0.15) is 5.82 Å². The van der Waals surface area contributed by atoms with Crippen LogP contribution >= 0.6 is 0 Å². The number of rotatable bonds is 5. The van der Waals surface area contributed by atoms with Gasteiger partial charge in [-0.2, -0.15) is 0 Å². The van der Waals surface area contributed by atoms with Crippen molar-refractivity contribution in [1.82, 2.24) is 15.2 Å². The van der Waals surface area contributed by atoms with Gasteiger partial charge in [0.15, 0.2) is 0 Å². The molecule has 1 aromatic heterocycles. The first-order valence-corrected chi connectivity index (χ1v) is 9.34. The smallest absolute Gasteiger partial charge is 0.251 e. The molecule has 2 heterocycles. The molecular formula is C21H28N4O. The quantitative estimate of drug-likeness (QED) is 0.899. The molecule has 1 saturated heterocycles. The van der Waals surface area contributed by atoms with E-state index in [4.69, 9.17) is 0 Å². The summed E-state index contributed by atoms with van der Waals surface area (Å²) in [5, 5.41) is 3.03. The highest BCUT2D eigenvalue weighted by molar-refractivity contribution is 5.95. The van der Waals surface area contributed by atoms with Gasteiger partial charge in [0.2, 0.25) is 0 Å². The highest BCUT2D eigenvalue weighted by Gasteiger charge is 2.17. The fourth-order valence-electron chi connectivity index (χ4n) is 3.38. The second-order valence-electron chi connectivity index (χ2n) is 6.94. The van der Waals surface area contributed by atoms with Crippen LogP contribution in [0.1, 0.15) is 34.0 Å². The molecule has 0 atom stereocenters. The van der Waals surface area contributed by atoms with Crippen LogP contribution in [0.4, 0.5) is 5.82 Å². The molecule has 2 aromatic rings. The highest BCUT2D eigenvalue weighted by atomic mass is 16.1. The number of nitrogens with zero attached hydrogens (tertiary/aromatic N) is 3. The van der Waals surface area contributed by atoms with Gasteiger partial charge in [-0.25, -0.2) is 4.98 Å². The van der Waals surface area contributed by atoms with Crippen LogP contribution in [0.2, 0.25) is 0 Å². The molecule has 1 N–H and O–H groups in total. The Balaban J connectivity index is 1.61. The van der Waals surface area contributed by atoms with Gasteiger partial charge < -0.3 is 15.1 Å². The van der Waals surface area contributed by atoms with Crippen molar-refractivity contribution in [2.24, 2.45) is 0 Å². The van der Waals surface area contributed by atoms with Gasteiger partial charge in [0.25, 0.3) is 5.91 Å². The van der Waals surface area contributed by atoms with Crippen molar-refractivity contribution in [3.8, 4) is 0 Å². The van der Waals surface area contributed by atoms with Crippen LogP contribution in [0.15, 0.2) is 36.5 Å². The molecule has 1 aliphatic rings. The van der Waals surface area contributed by atoms with Gasteiger partial charge >= 0.3 is 0 Å². The van der Waals surface area contributed by atoms with Crippen LogP contribution < -0.4 is 10.2 Å². The van der Waals surface area contributed by atoms with Crippen LogP contribution in [0.25, 0.3) is 0 Å². The summed E-state index contributed by atoms with van der Waals surface area (Å²) in [6, 6.07) is 9.96. The van der Waals surface area contributed by atoms with Gasteiger partial charge in [0.05, 0.1) is 0 Å². The third-order valence-electron chi connectivity index (χ3n) is 5.03. The Labute approximate surface area is 156 Å². The molecule has 1 aliphatic heterocycles. The van der Waals surface area contributed by atoms with E-state index in [9.17, 15) is 4.79 Å². The minimum Gasteiger partial charge on any atom is -0.354 e. The van der Waals surface area contributed by atoms with Crippen LogP contribution in [0.5, 0.6) is 0 Å². The number of benzene rings is 1. The largest absolute Gasteiger partial charge is 0.354 e. The molecule has 138 valence electrons. The van der Waals surface area contributed by atoms with Gasteiger partial charge in [-0.15, -0.1) is 0 Å². The van der Waals surface area contributed by atoms with E-state index >= 15 is 0 Å². The molecule has 5 heteroatoms. The van der Waals surface area contributed by atoms with E-state index in [1.165, 1.54) is 5.56 Å². The van der Waals surface area contributed by atoms with E-state index in [-0.39, 0.29) is 5.91 Å². The number of aromatic nitrogens is 1. The second-order valence-corrected chi connectivity index (χ2v) is 6.94. The first-order valence-electron chi connectivity index (χ1n) is 9.34. The van der Waals surface area contributed by atoms with E-state index in [1.807, 2.05) is 44.3 Å². The Morgan fingerprint density at radius 2 is 1.88 bits per heavy atom. The molecule has 0 bridgehead atoms. The minimum absolute atomic E-state index is 0.0302. The van der Waals surface area contributed by atoms with Gasteiger partial charge in [-0.3, -0.25) is 4.79 Å². The average molecular weight is 352 g/mol. The van der Waals surface area contributed by atoms with Crippen molar-refractivity contribution in [2.45, 2.75) is 27.3 Å². The van der Waals surface area contributed by atoms with Gasteiger partial charge in [0, 0.05) is 44.5 Å². The average Bonchev–Trinajstić information content (AvgIpc) is 2.66. The predicted molar refractivity (Wildman–Crippen MR) is 106 cm³/mol. The molecule has 1 aromatic carbocycles. The number of hydrogen-bond acceptors (Lipinski definition) is 4. The van der Waals surface area contributed by atoms with E-state index < -0.39 is 0 Å². The molecule has 5 nitrogen and oxygen atoms in total. The topological polar surface area (TPSA) is 48.5 Å². The Morgan fingerprint density at radius 3 is 2.58 bits per heavy atom. The Bertz CT molecular complexity index is 766. The van der Waals surface area contributed by atoms with Crippen molar-refractivity contribution in [2.75, 3.05) is 37.6 Å². The molecule has 3 rings (SSSR count). The first-order chi connectivity index (χ1) is 12.6. The van der Waals surface area contributed by atoms with Crippen molar-refractivity contribution in [3.63, 3.8) is 0 Å². The minimum atomic E-state index is -0.0302. The number of likely N-dealkylation sites (N-methyl/N-ethyl adjacent to an activating group) is 1. The summed E-state index contributed by atoms with van der Waals surface area (Å²) in [6.45, 7) is 12.0. The maximum Gasteiger partial charge on any atom is 0.251 e. The summed E-state index contributed by atoms with van der Waals surface area (Å²) in [5.74, 6) is 0.969. The number of anilines is 1. The van der Waals surface area contributed by atoms with E-state index in [0.29, 0.717) is 6.54 Å². The lowest BCUT2D eigenvalue weighted by molar-refractivity contribution is 0.0950. The number of carbonyl (C=O) groups is 1. The number of nitrogens with one attached hydrogen (secondary N) is 1. The monoisotopic (exact) mass is 352 g/mol. The number of amides is 1. The summed E-state index contributed by atoms with van der Waals surface area (Å²) < 4.78 is 0. The lowest BCUT2D eigenvalue weighted by Crippen LogP contribution is -2.46. The Kier molecular flexibility index (Phi) is 5.89. The van der Waals surface area contributed by atoms with E-state index in [1.54, 1.807) is 0 Å². The molecule has 1 amide bonds. The van der Waals surface area contributed by atoms with Crippen molar-refractivity contribution in [3.05, 3.63) is 58.8 Å². The van der Waals surface area contributed by atoms with Gasteiger partial charge in [-0.1, -0.05) is 24.6 Å². The standard InChI is InChI=1S/C21H28N4O/c1-4-24-9-11-25(12-10-24)20-14-18(7-8-22-20)15-23-21(26)19-6-5-16(2)13-17(19)3/h5-8,13-14H,4,9-12,15H2,1-3H3,(H,23,26). The third kappa shape index (κ3) is 4.41. The van der Waals surface area contributed by atoms with Crippen LogP contribution in [0.3, 0.4) is 0 Å². The number of aryl methyl sites for hydroxylation is 2. The number of carbonyl (C=O) groups excluding carboxylic acids is 1. The lowest BCUT2D eigenvalue weighted by atomic mass is 10.1. The predicted octanol–water partition coefficient (Wildman–Crippen LogP) is 2.77. The number of hydrogen-bond donors (Lipinski definition) is 1. The molecule has 0 spiro atoms. The summed E-state index contributed by atoms with van der Waals surface area (Å²) in [6.07, 6.45) is 1.83. The Morgan fingerprint density at radius 1 is 1.12 bits per heavy atom. The second kappa shape index (κ2) is 8.32. The van der Waals surface area contributed by atoms with Gasteiger partial charge in [-0.05, 0) is 49.7 Å². The first kappa shape index (κ1) is 18.4. The lowest BCUT2D eigenvalue weighted by Gasteiger charge is -2.34. The fraction of sp³-hybridized carbons (Fsp3) is 0.429. The maximum absolute atomic E-state index is 12.5. The van der Waals surface area contributed by atoms with Crippen molar-refractivity contribution < 1.29 is 4.79 Å². The van der Waals surface area contributed by atoms with Crippen LogP contribution in [-0.2, 0) is 6.54 Å². The molecule has 0 unspecified atom stereocenters. The molecule has 1 fully saturated rings. The Hall–Kier alpha value is -2.40. The third-order valence-corrected chi connectivity index (χ3v) is 5.03. The number of piperazine rings is 1. The summed E-state index contributed by atoms with van der Waals surface area (Å²) >= 11 is 0. The van der Waals surface area contributed by atoms with E-state index in [2.05, 4.69) is 33.1 Å². The summed E-state index contributed by atoms with van der Waals surface area (Å²) in [5.41, 5.74) is 3.99. The summed E-state index contributed by atoms with van der Waals surface area (Å²) in [7, 11) is 0. The van der Waals surface area contributed by atoms with Crippen molar-refractivity contribution in [1.29, 1.82) is 0 Å². The molecule has 0 aliphatic carbocycles. The molecular weight excluding hydrogens is 324 g/mol. The van der Waals surface area contributed by atoms with Crippen LogP contribution in [-0.4, -0.2) is 48.5 Å². The SMILES string of the molecule is CCN1CCN(c2cc(CNC(=O)c3ccc(C)cc3C)ccn2)CC1. The highest BCUT2D eigenvalue weighted by Crippen LogP contribution is 2.16. The molecule has 0 radical (unpaired) electrons. The zero-order chi connectivity index (χ0) is 18.5. The molecule has 26 heavy (non-hydrogen) atoms. The maximum atomic E-state index is 12.5. The normalized spacial score (nSPS) is 15.1.